The molecule has 0 aliphatic heterocycles. The number of carbonyl (C=O) groups is 1. The van der Waals surface area contributed by atoms with Crippen molar-refractivity contribution in [3.05, 3.63) is 23.8 Å². The third kappa shape index (κ3) is 2.71. The van der Waals surface area contributed by atoms with Gasteiger partial charge in [0.15, 0.2) is 11.5 Å². The van der Waals surface area contributed by atoms with E-state index in [0.29, 0.717) is 18.0 Å². The van der Waals surface area contributed by atoms with Crippen LogP contribution in [-0.2, 0) is 11.3 Å². The van der Waals surface area contributed by atoms with Gasteiger partial charge >= 0.3 is 0 Å². The van der Waals surface area contributed by atoms with Crippen molar-refractivity contribution in [2.75, 3.05) is 21.3 Å². The number of benzene rings is 1. The quantitative estimate of drug-likeness (QED) is 0.836. The van der Waals surface area contributed by atoms with E-state index in [1.54, 1.807) is 14.2 Å². The second-order valence-corrected chi connectivity index (χ2v) is 6.27. The Morgan fingerprint density at radius 3 is 2.52 bits per heavy atom. The van der Waals surface area contributed by atoms with Crippen molar-refractivity contribution >= 4 is 5.91 Å². The van der Waals surface area contributed by atoms with Crippen LogP contribution in [0.1, 0.15) is 24.8 Å². The van der Waals surface area contributed by atoms with Gasteiger partial charge < -0.3 is 14.4 Å². The standard InChI is InChI=1S/C17H23NO3/c1-18(17(19)14-8-12-7-13(12)9-14)10-11-5-4-6-15(20-2)16(11)21-3/h4-6,12-14H,7-10H2,1-3H3. The van der Waals surface area contributed by atoms with Gasteiger partial charge in [-0.15, -0.1) is 0 Å². The van der Waals surface area contributed by atoms with Crippen LogP contribution in [0.2, 0.25) is 0 Å². The summed E-state index contributed by atoms with van der Waals surface area (Å²) in [5.74, 6) is 3.59. The minimum Gasteiger partial charge on any atom is -0.493 e. The number of nitrogens with zero attached hydrogens (tertiary/aromatic N) is 1. The minimum atomic E-state index is 0.232. The molecule has 1 aromatic carbocycles. The molecule has 2 fully saturated rings. The average molecular weight is 289 g/mol. The molecule has 2 atom stereocenters. The van der Waals surface area contributed by atoms with Crippen molar-refractivity contribution in [3.8, 4) is 11.5 Å². The summed E-state index contributed by atoms with van der Waals surface area (Å²) in [6.07, 6.45) is 3.52. The van der Waals surface area contributed by atoms with Crippen LogP contribution in [0, 0.1) is 17.8 Å². The second kappa shape index (κ2) is 5.58. The first-order valence-corrected chi connectivity index (χ1v) is 7.58. The number of fused-ring (bicyclic) bond motifs is 1. The lowest BCUT2D eigenvalue weighted by molar-refractivity contribution is -0.134. The van der Waals surface area contributed by atoms with Gasteiger partial charge in [-0.1, -0.05) is 12.1 Å². The third-order valence-electron chi connectivity index (χ3n) is 4.86. The van der Waals surface area contributed by atoms with Crippen molar-refractivity contribution in [1.29, 1.82) is 0 Å². The van der Waals surface area contributed by atoms with Crippen LogP contribution in [0.5, 0.6) is 11.5 Å². The Labute approximate surface area is 126 Å². The van der Waals surface area contributed by atoms with E-state index in [1.165, 1.54) is 6.42 Å². The van der Waals surface area contributed by atoms with Gasteiger partial charge in [0.1, 0.15) is 0 Å². The molecule has 21 heavy (non-hydrogen) atoms. The van der Waals surface area contributed by atoms with Crippen molar-refractivity contribution < 1.29 is 14.3 Å². The fourth-order valence-electron chi connectivity index (χ4n) is 3.64. The summed E-state index contributed by atoms with van der Waals surface area (Å²) < 4.78 is 10.7. The fourth-order valence-corrected chi connectivity index (χ4v) is 3.64. The maximum atomic E-state index is 12.5. The van der Waals surface area contributed by atoms with Crippen LogP contribution in [0.15, 0.2) is 18.2 Å². The molecule has 2 aliphatic rings. The van der Waals surface area contributed by atoms with Gasteiger partial charge in [0.2, 0.25) is 5.91 Å². The molecule has 1 aromatic rings. The van der Waals surface area contributed by atoms with Gasteiger partial charge in [-0.2, -0.15) is 0 Å². The van der Waals surface area contributed by atoms with Gasteiger partial charge in [0.05, 0.1) is 14.2 Å². The highest BCUT2D eigenvalue weighted by atomic mass is 16.5. The Kier molecular flexibility index (Phi) is 3.79. The van der Waals surface area contributed by atoms with Crippen LogP contribution >= 0.6 is 0 Å². The molecule has 0 heterocycles. The number of carbonyl (C=O) groups excluding carboxylic acids is 1. The Morgan fingerprint density at radius 2 is 1.90 bits per heavy atom. The van der Waals surface area contributed by atoms with E-state index >= 15 is 0 Å². The van der Waals surface area contributed by atoms with E-state index in [2.05, 4.69) is 0 Å². The number of methoxy groups -OCH3 is 2. The number of rotatable bonds is 5. The molecular formula is C17H23NO3. The maximum Gasteiger partial charge on any atom is 0.225 e. The normalized spacial score (nSPS) is 26.1. The van der Waals surface area contributed by atoms with Crippen LogP contribution in [0.4, 0.5) is 0 Å². The molecule has 2 aliphatic carbocycles. The van der Waals surface area contributed by atoms with E-state index in [1.807, 2.05) is 30.1 Å². The second-order valence-electron chi connectivity index (χ2n) is 6.27. The average Bonchev–Trinajstić information content (AvgIpc) is 3.12. The SMILES string of the molecule is COc1cccc(CN(C)C(=O)C2CC3CC3C2)c1OC. The highest BCUT2D eigenvalue weighted by molar-refractivity contribution is 5.79. The molecule has 4 nitrogen and oxygen atoms in total. The summed E-state index contributed by atoms with van der Waals surface area (Å²) in [6, 6.07) is 5.78. The van der Waals surface area contributed by atoms with E-state index in [9.17, 15) is 4.79 Å². The Hall–Kier alpha value is -1.71. The van der Waals surface area contributed by atoms with E-state index < -0.39 is 0 Å². The molecule has 0 N–H and O–H groups in total. The lowest BCUT2D eigenvalue weighted by Crippen LogP contribution is -2.32. The lowest BCUT2D eigenvalue weighted by atomic mass is 10.0. The molecule has 1 amide bonds. The van der Waals surface area contributed by atoms with Crippen molar-refractivity contribution in [2.45, 2.75) is 25.8 Å². The van der Waals surface area contributed by atoms with E-state index in [0.717, 1.165) is 30.2 Å². The molecular weight excluding hydrogens is 266 g/mol. The lowest BCUT2D eigenvalue weighted by Gasteiger charge is -2.23. The molecule has 0 radical (unpaired) electrons. The molecule has 2 saturated carbocycles. The smallest absolute Gasteiger partial charge is 0.225 e. The van der Waals surface area contributed by atoms with E-state index in [4.69, 9.17) is 9.47 Å². The topological polar surface area (TPSA) is 38.8 Å². The summed E-state index contributed by atoms with van der Waals surface area (Å²) in [4.78, 5) is 14.3. The highest BCUT2D eigenvalue weighted by Gasteiger charge is 2.48. The van der Waals surface area contributed by atoms with Crippen molar-refractivity contribution in [2.24, 2.45) is 17.8 Å². The summed E-state index contributed by atoms with van der Waals surface area (Å²) in [5.41, 5.74) is 0.982. The minimum absolute atomic E-state index is 0.232. The summed E-state index contributed by atoms with van der Waals surface area (Å²) in [6.45, 7) is 0.561. The molecule has 0 saturated heterocycles. The molecule has 114 valence electrons. The Balaban J connectivity index is 1.69. The number of ether oxygens (including phenoxy) is 2. The highest BCUT2D eigenvalue weighted by Crippen LogP contribution is 2.54. The van der Waals surface area contributed by atoms with Gasteiger partial charge in [0.25, 0.3) is 0 Å². The summed E-state index contributed by atoms with van der Waals surface area (Å²) in [5, 5.41) is 0. The van der Waals surface area contributed by atoms with Crippen LogP contribution in [-0.4, -0.2) is 32.1 Å². The predicted molar refractivity (Wildman–Crippen MR) is 80.3 cm³/mol. The van der Waals surface area contributed by atoms with Gasteiger partial charge in [-0.25, -0.2) is 0 Å². The first-order chi connectivity index (χ1) is 10.1. The van der Waals surface area contributed by atoms with Crippen LogP contribution in [0.3, 0.4) is 0 Å². The Bertz CT molecular complexity index is 533. The third-order valence-corrected chi connectivity index (χ3v) is 4.86. The van der Waals surface area contributed by atoms with Gasteiger partial charge in [0, 0.05) is 25.1 Å². The zero-order valence-corrected chi connectivity index (χ0v) is 13.0. The fraction of sp³-hybridized carbons (Fsp3) is 0.588. The monoisotopic (exact) mass is 289 g/mol. The predicted octanol–water partition coefficient (Wildman–Crippen LogP) is 2.71. The van der Waals surface area contributed by atoms with Crippen molar-refractivity contribution in [1.82, 2.24) is 4.90 Å². The largest absolute Gasteiger partial charge is 0.493 e. The number of para-hydroxylation sites is 1. The molecule has 3 rings (SSSR count). The maximum absolute atomic E-state index is 12.5. The van der Waals surface area contributed by atoms with Crippen molar-refractivity contribution in [3.63, 3.8) is 0 Å². The number of hydrogen-bond acceptors (Lipinski definition) is 3. The Morgan fingerprint density at radius 1 is 1.19 bits per heavy atom. The molecule has 2 unspecified atom stereocenters. The first-order valence-electron chi connectivity index (χ1n) is 7.58. The molecule has 0 aromatic heterocycles. The summed E-state index contributed by atoms with van der Waals surface area (Å²) >= 11 is 0. The molecule has 0 spiro atoms. The number of hydrogen-bond donors (Lipinski definition) is 0. The first kappa shape index (κ1) is 14.2. The number of amides is 1. The van der Waals surface area contributed by atoms with E-state index in [-0.39, 0.29) is 11.8 Å². The molecule has 0 bridgehead atoms. The van der Waals surface area contributed by atoms with Gasteiger partial charge in [-0.05, 0) is 37.2 Å². The van der Waals surface area contributed by atoms with Crippen LogP contribution in [0.25, 0.3) is 0 Å². The zero-order chi connectivity index (χ0) is 15.0. The van der Waals surface area contributed by atoms with Crippen LogP contribution < -0.4 is 9.47 Å². The molecule has 4 heteroatoms. The zero-order valence-electron chi connectivity index (χ0n) is 13.0. The summed E-state index contributed by atoms with van der Waals surface area (Å²) in [7, 11) is 5.14. The van der Waals surface area contributed by atoms with Gasteiger partial charge in [-0.3, -0.25) is 4.79 Å².